The Morgan fingerprint density at radius 2 is 2.38 bits per heavy atom. The van der Waals surface area contributed by atoms with Gasteiger partial charge in [-0.2, -0.15) is 5.10 Å². The average molecular weight is 240 g/mol. The first kappa shape index (κ1) is 8.25. The number of halogens is 1. The van der Waals surface area contributed by atoms with E-state index >= 15 is 0 Å². The third kappa shape index (κ3) is 1.31. The SMILES string of the molecule is NC(=O)c1cc(Br)c2ccnn2c1. The summed E-state index contributed by atoms with van der Waals surface area (Å²) < 4.78 is 2.41. The third-order valence-corrected chi connectivity index (χ3v) is 2.38. The summed E-state index contributed by atoms with van der Waals surface area (Å²) in [5.74, 6) is -0.460. The summed E-state index contributed by atoms with van der Waals surface area (Å²) in [6, 6.07) is 3.52. The van der Waals surface area contributed by atoms with E-state index in [0.717, 1.165) is 9.99 Å². The lowest BCUT2D eigenvalue weighted by Gasteiger charge is -1.99. The first-order chi connectivity index (χ1) is 6.18. The van der Waals surface area contributed by atoms with Gasteiger partial charge in [-0.25, -0.2) is 4.52 Å². The summed E-state index contributed by atoms with van der Waals surface area (Å²) in [7, 11) is 0. The van der Waals surface area contributed by atoms with Gasteiger partial charge in [-0.1, -0.05) is 0 Å². The van der Waals surface area contributed by atoms with E-state index in [0.29, 0.717) is 5.56 Å². The van der Waals surface area contributed by atoms with E-state index in [1.807, 2.05) is 6.07 Å². The van der Waals surface area contributed by atoms with Crippen molar-refractivity contribution in [3.63, 3.8) is 0 Å². The van der Waals surface area contributed by atoms with Crippen LogP contribution in [0.5, 0.6) is 0 Å². The number of primary amides is 1. The number of hydrogen-bond donors (Lipinski definition) is 1. The molecule has 0 spiro atoms. The molecule has 0 aliphatic rings. The summed E-state index contributed by atoms with van der Waals surface area (Å²) in [4.78, 5) is 10.9. The number of aromatic nitrogens is 2. The maximum Gasteiger partial charge on any atom is 0.250 e. The largest absolute Gasteiger partial charge is 0.366 e. The lowest BCUT2D eigenvalue weighted by molar-refractivity contribution is 0.0999. The minimum Gasteiger partial charge on any atom is -0.366 e. The zero-order valence-electron chi connectivity index (χ0n) is 6.57. The zero-order valence-corrected chi connectivity index (χ0v) is 8.15. The van der Waals surface area contributed by atoms with E-state index in [-0.39, 0.29) is 0 Å². The summed E-state index contributed by atoms with van der Waals surface area (Å²) in [5.41, 5.74) is 6.48. The van der Waals surface area contributed by atoms with Crippen LogP contribution in [0.25, 0.3) is 5.52 Å². The Labute approximate surface area is 82.5 Å². The second kappa shape index (κ2) is 2.85. The molecule has 0 bridgehead atoms. The molecule has 0 saturated carbocycles. The van der Waals surface area contributed by atoms with Gasteiger partial charge in [-0.3, -0.25) is 4.79 Å². The number of carbonyl (C=O) groups is 1. The first-order valence-electron chi connectivity index (χ1n) is 3.61. The fraction of sp³-hybridized carbons (Fsp3) is 0. The monoisotopic (exact) mass is 239 g/mol. The van der Waals surface area contributed by atoms with Gasteiger partial charge in [-0.15, -0.1) is 0 Å². The Balaban J connectivity index is 2.77. The molecule has 2 N–H and O–H groups in total. The van der Waals surface area contributed by atoms with Gasteiger partial charge in [0.15, 0.2) is 0 Å². The second-order valence-corrected chi connectivity index (χ2v) is 3.46. The molecule has 0 saturated heterocycles. The van der Waals surface area contributed by atoms with Crippen LogP contribution in [0.1, 0.15) is 10.4 Å². The number of fused-ring (bicyclic) bond motifs is 1. The van der Waals surface area contributed by atoms with E-state index in [9.17, 15) is 4.79 Å². The number of pyridine rings is 1. The standard InChI is InChI=1S/C8H6BrN3O/c9-6-3-5(8(10)13)4-12-7(6)1-2-11-12/h1-4H,(H2,10,13). The summed E-state index contributed by atoms with van der Waals surface area (Å²) in [6.07, 6.45) is 3.26. The van der Waals surface area contributed by atoms with Gasteiger partial charge in [-0.05, 0) is 28.1 Å². The Kier molecular flexibility index (Phi) is 1.81. The van der Waals surface area contributed by atoms with E-state index in [1.54, 1.807) is 23.0 Å². The molecule has 2 aromatic rings. The van der Waals surface area contributed by atoms with Crippen molar-refractivity contribution in [1.82, 2.24) is 9.61 Å². The van der Waals surface area contributed by atoms with E-state index in [2.05, 4.69) is 21.0 Å². The van der Waals surface area contributed by atoms with E-state index < -0.39 is 5.91 Å². The van der Waals surface area contributed by atoms with Crippen LogP contribution in [0, 0.1) is 0 Å². The molecular formula is C8H6BrN3O. The van der Waals surface area contributed by atoms with Crippen LogP contribution in [-0.2, 0) is 0 Å². The van der Waals surface area contributed by atoms with Crippen LogP contribution in [0.15, 0.2) is 29.0 Å². The van der Waals surface area contributed by atoms with Gasteiger partial charge >= 0.3 is 0 Å². The summed E-state index contributed by atoms with van der Waals surface area (Å²) >= 11 is 3.33. The zero-order chi connectivity index (χ0) is 9.42. The van der Waals surface area contributed by atoms with Crippen molar-refractivity contribution in [2.45, 2.75) is 0 Å². The van der Waals surface area contributed by atoms with Crippen molar-refractivity contribution in [2.75, 3.05) is 0 Å². The Bertz CT molecular complexity index is 477. The molecule has 2 aromatic heterocycles. The van der Waals surface area contributed by atoms with E-state index in [4.69, 9.17) is 5.73 Å². The number of nitrogens with zero attached hydrogens (tertiary/aromatic N) is 2. The molecule has 2 heterocycles. The molecule has 66 valence electrons. The number of hydrogen-bond acceptors (Lipinski definition) is 2. The highest BCUT2D eigenvalue weighted by molar-refractivity contribution is 9.10. The molecule has 0 atom stereocenters. The molecule has 0 unspecified atom stereocenters. The second-order valence-electron chi connectivity index (χ2n) is 2.60. The Morgan fingerprint density at radius 1 is 1.62 bits per heavy atom. The first-order valence-corrected chi connectivity index (χ1v) is 4.40. The van der Waals surface area contributed by atoms with Crippen molar-refractivity contribution >= 4 is 27.4 Å². The Morgan fingerprint density at radius 3 is 3.08 bits per heavy atom. The van der Waals surface area contributed by atoms with Crippen LogP contribution in [0.2, 0.25) is 0 Å². The molecule has 4 nitrogen and oxygen atoms in total. The van der Waals surface area contributed by atoms with Crippen LogP contribution >= 0.6 is 15.9 Å². The van der Waals surface area contributed by atoms with Gasteiger partial charge in [0, 0.05) is 10.7 Å². The third-order valence-electron chi connectivity index (χ3n) is 1.74. The smallest absolute Gasteiger partial charge is 0.250 e. The molecule has 13 heavy (non-hydrogen) atoms. The van der Waals surface area contributed by atoms with Crippen molar-refractivity contribution in [3.8, 4) is 0 Å². The van der Waals surface area contributed by atoms with Crippen molar-refractivity contribution < 1.29 is 4.79 Å². The Hall–Kier alpha value is -1.36. The molecule has 0 radical (unpaired) electrons. The van der Waals surface area contributed by atoms with Crippen LogP contribution in [0.4, 0.5) is 0 Å². The molecule has 0 aliphatic heterocycles. The van der Waals surface area contributed by atoms with Gasteiger partial charge in [0.25, 0.3) is 0 Å². The maximum absolute atomic E-state index is 10.9. The highest BCUT2D eigenvalue weighted by atomic mass is 79.9. The minimum atomic E-state index is -0.460. The molecule has 0 aliphatic carbocycles. The summed E-state index contributed by atoms with van der Waals surface area (Å²) in [5, 5.41) is 4.00. The number of rotatable bonds is 1. The van der Waals surface area contributed by atoms with Crippen LogP contribution in [0.3, 0.4) is 0 Å². The van der Waals surface area contributed by atoms with Gasteiger partial charge in [0.1, 0.15) is 0 Å². The van der Waals surface area contributed by atoms with Gasteiger partial charge < -0.3 is 5.73 Å². The normalized spacial score (nSPS) is 10.5. The lowest BCUT2D eigenvalue weighted by atomic mass is 10.2. The topological polar surface area (TPSA) is 60.4 Å². The van der Waals surface area contributed by atoms with Crippen molar-refractivity contribution in [2.24, 2.45) is 5.73 Å². The highest BCUT2D eigenvalue weighted by Crippen LogP contribution is 2.18. The quantitative estimate of drug-likeness (QED) is 0.813. The molecular weight excluding hydrogens is 234 g/mol. The average Bonchev–Trinajstić information content (AvgIpc) is 2.51. The van der Waals surface area contributed by atoms with Crippen LogP contribution < -0.4 is 5.73 Å². The molecule has 0 aromatic carbocycles. The number of nitrogens with two attached hydrogens (primary N) is 1. The molecule has 5 heteroatoms. The fourth-order valence-electron chi connectivity index (χ4n) is 1.12. The fourth-order valence-corrected chi connectivity index (χ4v) is 1.68. The van der Waals surface area contributed by atoms with Crippen molar-refractivity contribution in [3.05, 3.63) is 34.6 Å². The van der Waals surface area contributed by atoms with Gasteiger partial charge in [0.05, 0.1) is 17.3 Å². The highest BCUT2D eigenvalue weighted by Gasteiger charge is 2.05. The predicted octanol–water partition coefficient (Wildman–Crippen LogP) is 1.20. The maximum atomic E-state index is 10.9. The molecule has 0 fully saturated rings. The lowest BCUT2D eigenvalue weighted by Crippen LogP contribution is -2.12. The minimum absolute atomic E-state index is 0.433. The number of carbonyl (C=O) groups excluding carboxylic acids is 1. The van der Waals surface area contributed by atoms with E-state index in [1.165, 1.54) is 0 Å². The van der Waals surface area contributed by atoms with Crippen molar-refractivity contribution in [1.29, 1.82) is 0 Å². The summed E-state index contributed by atoms with van der Waals surface area (Å²) in [6.45, 7) is 0. The predicted molar refractivity (Wildman–Crippen MR) is 51.4 cm³/mol. The number of amides is 1. The van der Waals surface area contributed by atoms with Crippen LogP contribution in [-0.4, -0.2) is 15.5 Å². The van der Waals surface area contributed by atoms with Gasteiger partial charge in [0.2, 0.25) is 5.91 Å². The molecule has 2 rings (SSSR count). The molecule has 1 amide bonds.